The molecule has 0 aliphatic heterocycles. The van der Waals surface area contributed by atoms with Crippen molar-refractivity contribution >= 4 is 0 Å². The molecule has 0 aromatic carbocycles. The summed E-state index contributed by atoms with van der Waals surface area (Å²) in [5.41, 5.74) is 0. The summed E-state index contributed by atoms with van der Waals surface area (Å²) in [6.45, 7) is 3.61. The molecule has 0 heterocycles. The molecule has 5 fully saturated rings. The Hall–Kier alpha value is -0.0400. The van der Waals surface area contributed by atoms with E-state index in [1.165, 1.54) is 61.3 Å². The number of unbranched alkanes of at least 4 members (excludes halogenated alkanes) is 2. The molecule has 1 N–H and O–H groups in total. The second-order valence-corrected chi connectivity index (χ2v) is 7.62. The fourth-order valence-corrected chi connectivity index (χ4v) is 7.39. The highest BCUT2D eigenvalue weighted by molar-refractivity contribution is 5.29. The van der Waals surface area contributed by atoms with Crippen LogP contribution >= 0.6 is 0 Å². The Labute approximate surface area is 105 Å². The molecule has 5 aliphatic carbocycles. The first-order chi connectivity index (χ1) is 8.42. The van der Waals surface area contributed by atoms with Gasteiger partial charge < -0.3 is 5.32 Å². The smallest absolute Gasteiger partial charge is 0.0135 e. The molecule has 9 atom stereocenters. The topological polar surface area (TPSA) is 12.0 Å². The van der Waals surface area contributed by atoms with Gasteiger partial charge in [0.25, 0.3) is 0 Å². The Morgan fingerprint density at radius 3 is 2.41 bits per heavy atom. The molecule has 94 valence electrons. The number of hydrogen-bond acceptors (Lipinski definition) is 1. The highest BCUT2D eigenvalue weighted by Crippen LogP contribution is 2.82. The lowest BCUT2D eigenvalue weighted by Gasteiger charge is -2.48. The van der Waals surface area contributed by atoms with Gasteiger partial charge in [-0.2, -0.15) is 0 Å². The van der Waals surface area contributed by atoms with Crippen molar-refractivity contribution in [2.75, 3.05) is 6.54 Å². The van der Waals surface area contributed by atoms with E-state index in [9.17, 15) is 0 Å². The minimum Gasteiger partial charge on any atom is -0.313 e. The molecule has 17 heavy (non-hydrogen) atoms. The summed E-state index contributed by atoms with van der Waals surface area (Å²) in [5, 5.41) is 3.99. The summed E-state index contributed by atoms with van der Waals surface area (Å²) in [4.78, 5) is 0. The highest BCUT2D eigenvalue weighted by Gasteiger charge is 2.80. The average molecular weight is 231 g/mol. The standard InChI is InChI=1S/C16H25N/c1-2-3-4-5-17-16-13-9-7-10-12-8(9)6-11(13)14(12)15(10)16/h8-17H,2-7H2,1H3. The molecule has 1 heteroatoms. The van der Waals surface area contributed by atoms with Crippen LogP contribution in [-0.2, 0) is 0 Å². The van der Waals surface area contributed by atoms with Crippen LogP contribution in [0.4, 0.5) is 0 Å². The summed E-state index contributed by atoms with van der Waals surface area (Å²) >= 11 is 0. The van der Waals surface area contributed by atoms with Gasteiger partial charge >= 0.3 is 0 Å². The van der Waals surface area contributed by atoms with Gasteiger partial charge in [0.2, 0.25) is 0 Å². The second kappa shape index (κ2) is 3.10. The second-order valence-electron chi connectivity index (χ2n) is 7.62. The first kappa shape index (κ1) is 9.83. The van der Waals surface area contributed by atoms with Gasteiger partial charge in [0.15, 0.2) is 0 Å². The number of rotatable bonds is 5. The minimum atomic E-state index is 0.967. The Balaban J connectivity index is 1.34. The number of hydrogen-bond donors (Lipinski definition) is 1. The van der Waals surface area contributed by atoms with E-state index in [2.05, 4.69) is 12.2 Å². The Kier molecular flexibility index (Phi) is 1.79. The van der Waals surface area contributed by atoms with E-state index in [1.54, 1.807) is 12.8 Å². The summed E-state index contributed by atoms with van der Waals surface area (Å²) in [6.07, 6.45) is 7.47. The lowest BCUT2D eigenvalue weighted by molar-refractivity contribution is 0.00976. The zero-order chi connectivity index (χ0) is 11.1. The molecular weight excluding hydrogens is 206 g/mol. The van der Waals surface area contributed by atoms with Crippen molar-refractivity contribution in [2.45, 2.75) is 45.1 Å². The fourth-order valence-electron chi connectivity index (χ4n) is 7.39. The molecule has 0 amide bonds. The van der Waals surface area contributed by atoms with Crippen molar-refractivity contribution in [3.63, 3.8) is 0 Å². The monoisotopic (exact) mass is 231 g/mol. The zero-order valence-electron chi connectivity index (χ0n) is 10.9. The molecule has 0 spiro atoms. The predicted octanol–water partition coefficient (Wildman–Crippen LogP) is 2.91. The quantitative estimate of drug-likeness (QED) is 0.717. The van der Waals surface area contributed by atoms with Gasteiger partial charge in [-0.1, -0.05) is 19.8 Å². The first-order valence-corrected chi connectivity index (χ1v) is 8.15. The zero-order valence-corrected chi connectivity index (χ0v) is 10.9. The average Bonchev–Trinajstić information content (AvgIpc) is 2.83. The highest BCUT2D eigenvalue weighted by atomic mass is 15.0. The van der Waals surface area contributed by atoms with Crippen molar-refractivity contribution in [2.24, 2.45) is 47.3 Å². The minimum absolute atomic E-state index is 0.967. The van der Waals surface area contributed by atoms with Crippen LogP contribution in [0, 0.1) is 47.3 Å². The molecular formula is C16H25N. The molecule has 0 radical (unpaired) electrons. The van der Waals surface area contributed by atoms with E-state index < -0.39 is 0 Å². The molecule has 5 rings (SSSR count). The van der Waals surface area contributed by atoms with Crippen molar-refractivity contribution < 1.29 is 0 Å². The van der Waals surface area contributed by atoms with Gasteiger partial charge in [0.05, 0.1) is 0 Å². The first-order valence-electron chi connectivity index (χ1n) is 8.15. The number of nitrogens with one attached hydrogen (secondary N) is 1. The van der Waals surface area contributed by atoms with E-state index >= 15 is 0 Å². The summed E-state index contributed by atoms with van der Waals surface area (Å²) in [7, 11) is 0. The van der Waals surface area contributed by atoms with Crippen LogP contribution in [0.3, 0.4) is 0 Å². The van der Waals surface area contributed by atoms with Gasteiger partial charge in [0, 0.05) is 6.04 Å². The maximum Gasteiger partial charge on any atom is 0.0135 e. The molecule has 1 nitrogen and oxygen atoms in total. The van der Waals surface area contributed by atoms with E-state index in [0.29, 0.717) is 0 Å². The van der Waals surface area contributed by atoms with Crippen molar-refractivity contribution in [1.82, 2.24) is 5.32 Å². The van der Waals surface area contributed by atoms with E-state index in [4.69, 9.17) is 0 Å². The van der Waals surface area contributed by atoms with Gasteiger partial charge in [-0.25, -0.2) is 0 Å². The SMILES string of the molecule is CCCCCNC1C2C3CC4C5C3CC2C5C41. The summed E-state index contributed by atoms with van der Waals surface area (Å²) in [6, 6.07) is 0.967. The maximum atomic E-state index is 3.99. The summed E-state index contributed by atoms with van der Waals surface area (Å²) in [5.74, 6) is 9.45. The third-order valence-electron chi connectivity index (χ3n) is 7.48. The molecule has 9 unspecified atom stereocenters. The van der Waals surface area contributed by atoms with Crippen molar-refractivity contribution in [3.05, 3.63) is 0 Å². The Morgan fingerprint density at radius 2 is 1.59 bits per heavy atom. The van der Waals surface area contributed by atoms with Crippen molar-refractivity contribution in [1.29, 1.82) is 0 Å². The molecule has 0 aromatic heterocycles. The van der Waals surface area contributed by atoms with Crippen LogP contribution in [0.25, 0.3) is 0 Å². The van der Waals surface area contributed by atoms with Crippen LogP contribution < -0.4 is 5.32 Å². The van der Waals surface area contributed by atoms with Gasteiger partial charge in [0.1, 0.15) is 0 Å². The van der Waals surface area contributed by atoms with Crippen LogP contribution in [0.1, 0.15) is 39.0 Å². The number of fused-ring (bicyclic) bond motifs is 2. The molecule has 5 aliphatic rings. The summed E-state index contributed by atoms with van der Waals surface area (Å²) < 4.78 is 0. The van der Waals surface area contributed by atoms with Gasteiger partial charge in [-0.05, 0) is 73.2 Å². The maximum absolute atomic E-state index is 3.99. The van der Waals surface area contributed by atoms with Gasteiger partial charge in [-0.3, -0.25) is 0 Å². The lowest BCUT2D eigenvalue weighted by Crippen LogP contribution is -2.51. The van der Waals surface area contributed by atoms with E-state index in [0.717, 1.165) is 17.9 Å². The van der Waals surface area contributed by atoms with Crippen LogP contribution in [0.15, 0.2) is 0 Å². The van der Waals surface area contributed by atoms with Crippen molar-refractivity contribution in [3.8, 4) is 0 Å². The molecule has 5 saturated carbocycles. The van der Waals surface area contributed by atoms with E-state index in [-0.39, 0.29) is 0 Å². The third kappa shape index (κ3) is 0.926. The largest absolute Gasteiger partial charge is 0.313 e. The third-order valence-corrected chi connectivity index (χ3v) is 7.48. The Bertz CT molecular complexity index is 345. The fraction of sp³-hybridized carbons (Fsp3) is 1.00. The molecule has 0 saturated heterocycles. The van der Waals surface area contributed by atoms with Gasteiger partial charge in [-0.15, -0.1) is 0 Å². The normalized spacial score (nSPS) is 63.7. The van der Waals surface area contributed by atoms with Crippen LogP contribution in [0.5, 0.6) is 0 Å². The molecule has 0 aromatic rings. The van der Waals surface area contributed by atoms with E-state index in [1.807, 2.05) is 0 Å². The lowest BCUT2D eigenvalue weighted by atomic mass is 9.59. The van der Waals surface area contributed by atoms with Crippen LogP contribution in [-0.4, -0.2) is 12.6 Å². The Morgan fingerprint density at radius 1 is 0.824 bits per heavy atom. The molecule has 2 bridgehead atoms. The van der Waals surface area contributed by atoms with Crippen LogP contribution in [0.2, 0.25) is 0 Å². The predicted molar refractivity (Wildman–Crippen MR) is 68.5 cm³/mol.